The smallest absolute Gasteiger partial charge is 0.339 e. The van der Waals surface area contributed by atoms with Crippen molar-refractivity contribution in [2.75, 3.05) is 6.61 Å². The lowest BCUT2D eigenvalue weighted by Crippen LogP contribution is -2.63. The van der Waals surface area contributed by atoms with E-state index in [-0.39, 0.29) is 40.1 Å². The second-order valence-electron chi connectivity index (χ2n) is 21.2. The van der Waals surface area contributed by atoms with Gasteiger partial charge < -0.3 is 40.1 Å². The molecule has 7 rings (SSSR count). The van der Waals surface area contributed by atoms with Crippen molar-refractivity contribution in [1.29, 1.82) is 0 Å². The maximum atomic E-state index is 13.8. The van der Waals surface area contributed by atoms with E-state index >= 15 is 0 Å². The summed E-state index contributed by atoms with van der Waals surface area (Å²) in [5, 5.41) is 58.2. The van der Waals surface area contributed by atoms with Crippen LogP contribution in [0.25, 0.3) is 0 Å². The quantitative estimate of drug-likeness (QED) is 0.115. The molecule has 352 valence electrons. The average Bonchev–Trinajstić information content (AvgIpc) is 3.23. The molecule has 0 amide bonds. The average molecular weight is 913 g/mol. The molecule has 0 aromatic heterocycles. The number of allylic oxidation sites excluding steroid dienone is 4. The van der Waals surface area contributed by atoms with Crippen LogP contribution in [0.1, 0.15) is 189 Å². The first-order chi connectivity index (χ1) is 30.5. The van der Waals surface area contributed by atoms with E-state index in [2.05, 4.69) is 39.8 Å². The number of hydrogen-bond donors (Lipinski definition) is 6. The van der Waals surface area contributed by atoms with E-state index in [1.54, 1.807) is 0 Å². The predicted octanol–water partition coefficient (Wildman–Crippen LogP) is 8.98. The zero-order valence-corrected chi connectivity index (χ0v) is 38.0. The summed E-state index contributed by atoms with van der Waals surface area (Å²) >= 11 is 0. The third-order valence-electron chi connectivity index (χ3n) is 17.2. The van der Waals surface area contributed by atoms with Crippen LogP contribution < -0.4 is 0 Å². The lowest BCUT2D eigenvalue weighted by molar-refractivity contribution is -0.183. The summed E-state index contributed by atoms with van der Waals surface area (Å²) in [6.07, 6.45) is 10.7. The number of ether oxygens (including phenoxy) is 2. The Kier molecular flexibility index (Phi) is 11.5. The number of carboxylic acids is 6. The van der Waals surface area contributed by atoms with Crippen LogP contribution in [-0.4, -0.2) is 91.1 Å². The molecule has 0 unspecified atom stereocenters. The van der Waals surface area contributed by atoms with Gasteiger partial charge in [0.1, 0.15) is 6.10 Å². The van der Waals surface area contributed by atoms with Crippen LogP contribution >= 0.6 is 0 Å². The van der Waals surface area contributed by atoms with Crippen molar-refractivity contribution in [3.8, 4) is 0 Å². The Morgan fingerprint density at radius 1 is 0.561 bits per heavy atom. The highest BCUT2D eigenvalue weighted by atomic mass is 16.5. The van der Waals surface area contributed by atoms with Crippen LogP contribution in [0.2, 0.25) is 0 Å². The molecule has 3 saturated carbocycles. The van der Waals surface area contributed by atoms with Gasteiger partial charge in [-0.05, 0) is 121 Å². The Morgan fingerprint density at radius 2 is 1.02 bits per heavy atom. The Bertz CT molecular complexity index is 2600. The number of benzene rings is 2. The molecule has 5 aliphatic carbocycles. The van der Waals surface area contributed by atoms with Gasteiger partial charge >= 0.3 is 47.8 Å². The van der Waals surface area contributed by atoms with Gasteiger partial charge in [0.25, 0.3) is 0 Å². The fourth-order valence-electron chi connectivity index (χ4n) is 13.2. The van der Waals surface area contributed by atoms with E-state index in [4.69, 9.17) is 9.47 Å². The molecule has 0 bridgehead atoms. The van der Waals surface area contributed by atoms with Gasteiger partial charge in [-0.2, -0.15) is 0 Å². The van der Waals surface area contributed by atoms with Crippen LogP contribution in [0.4, 0.5) is 0 Å². The number of rotatable bonds is 11. The van der Waals surface area contributed by atoms with Gasteiger partial charge in [-0.25, -0.2) is 38.4 Å². The summed E-state index contributed by atoms with van der Waals surface area (Å²) in [6, 6.07) is 2.85. The molecule has 3 fully saturated rings. The topological polar surface area (TPSA) is 276 Å². The van der Waals surface area contributed by atoms with Gasteiger partial charge in [0.2, 0.25) is 0 Å². The molecular weight excluding hydrogens is 857 g/mol. The summed E-state index contributed by atoms with van der Waals surface area (Å²) in [5.41, 5.74) is -4.89. The van der Waals surface area contributed by atoms with Crippen LogP contribution in [-0.2, 0) is 9.47 Å². The third-order valence-corrected chi connectivity index (χ3v) is 17.2. The van der Waals surface area contributed by atoms with Gasteiger partial charge in [-0.1, -0.05) is 66.2 Å². The van der Waals surface area contributed by atoms with Gasteiger partial charge in [0, 0.05) is 10.8 Å². The first kappa shape index (κ1) is 47.6. The molecule has 0 heterocycles. The minimum atomic E-state index is -1.65. The van der Waals surface area contributed by atoms with E-state index in [1.165, 1.54) is 11.1 Å². The summed E-state index contributed by atoms with van der Waals surface area (Å²) in [6.45, 7) is 15.3. The second kappa shape index (κ2) is 15.9. The SMILES string of the molecule is CC1(C)[C@@H](OC(=O)c2cc(C(=O)O)c(C(=O)O)cc2C(=O)O)CC[C@]2(C)[C@H]3C=CC4=C5C[C@@](C)(COC(=O)c6cc(C(=O)O)c(C(=O)O)cc6C(=O)O)CC[C@]5(C)CC[C@@]4(C)[C@]3(C)CC[C@@H]12. The number of fused-ring (bicyclic) bond motifs is 6. The Balaban J connectivity index is 1.16. The highest BCUT2D eigenvalue weighted by Gasteiger charge is 2.67. The van der Waals surface area contributed by atoms with Crippen molar-refractivity contribution >= 4 is 47.8 Å². The van der Waals surface area contributed by atoms with E-state index in [9.17, 15) is 69.0 Å². The number of carbonyl (C=O) groups is 8. The van der Waals surface area contributed by atoms with Gasteiger partial charge in [0.15, 0.2) is 0 Å². The highest BCUT2D eigenvalue weighted by molar-refractivity contribution is 6.10. The number of hydrogen-bond acceptors (Lipinski definition) is 10. The van der Waals surface area contributed by atoms with Crippen LogP contribution in [0, 0.1) is 44.3 Å². The van der Waals surface area contributed by atoms with E-state index in [1.807, 2.05) is 20.8 Å². The number of carbonyl (C=O) groups excluding carboxylic acids is 2. The zero-order chi connectivity index (χ0) is 48.9. The van der Waals surface area contributed by atoms with Crippen molar-refractivity contribution in [3.63, 3.8) is 0 Å². The van der Waals surface area contributed by atoms with Crippen molar-refractivity contribution in [2.24, 2.45) is 44.3 Å². The summed E-state index contributed by atoms with van der Waals surface area (Å²) in [7, 11) is 0. The first-order valence-corrected chi connectivity index (χ1v) is 22.1. The molecule has 5 aliphatic rings. The van der Waals surface area contributed by atoms with Crippen LogP contribution in [0.15, 0.2) is 47.6 Å². The minimum Gasteiger partial charge on any atom is -0.478 e. The largest absolute Gasteiger partial charge is 0.478 e. The first-order valence-electron chi connectivity index (χ1n) is 22.1. The molecule has 2 aromatic carbocycles. The van der Waals surface area contributed by atoms with Crippen molar-refractivity contribution in [1.82, 2.24) is 0 Å². The van der Waals surface area contributed by atoms with Crippen LogP contribution in [0.5, 0.6) is 0 Å². The number of carboxylic acid groups (broad SMARTS) is 6. The van der Waals surface area contributed by atoms with E-state index < -0.39 is 109 Å². The Hall–Kier alpha value is -6.32. The van der Waals surface area contributed by atoms with Crippen molar-refractivity contribution in [3.05, 3.63) is 92.1 Å². The molecule has 0 saturated heterocycles. The molecule has 66 heavy (non-hydrogen) atoms. The normalized spacial score (nSPS) is 31.8. The summed E-state index contributed by atoms with van der Waals surface area (Å²) in [5.74, 6) is -11.7. The maximum Gasteiger partial charge on any atom is 0.339 e. The molecule has 0 radical (unpaired) electrons. The second-order valence-corrected chi connectivity index (χ2v) is 21.2. The fourth-order valence-corrected chi connectivity index (χ4v) is 13.2. The maximum absolute atomic E-state index is 13.8. The zero-order valence-electron chi connectivity index (χ0n) is 38.0. The summed E-state index contributed by atoms with van der Waals surface area (Å²) < 4.78 is 11.9. The molecular formula is C50H56O16. The van der Waals surface area contributed by atoms with Gasteiger partial charge in [0.05, 0.1) is 51.1 Å². The number of esters is 2. The molecule has 6 N–H and O–H groups in total. The van der Waals surface area contributed by atoms with E-state index in [0.29, 0.717) is 37.8 Å². The molecule has 16 nitrogen and oxygen atoms in total. The van der Waals surface area contributed by atoms with E-state index in [0.717, 1.165) is 44.2 Å². The monoisotopic (exact) mass is 912 g/mol. The molecule has 16 heteroatoms. The van der Waals surface area contributed by atoms with Gasteiger partial charge in [-0.15, -0.1) is 0 Å². The Morgan fingerprint density at radius 3 is 1.52 bits per heavy atom. The molecule has 8 atom stereocenters. The minimum absolute atomic E-state index is 0.0510. The number of aromatic carboxylic acids is 6. The lowest BCUT2D eigenvalue weighted by Gasteiger charge is -2.69. The van der Waals surface area contributed by atoms with Crippen LogP contribution in [0.3, 0.4) is 0 Å². The van der Waals surface area contributed by atoms with Crippen molar-refractivity contribution in [2.45, 2.75) is 112 Å². The lowest BCUT2D eigenvalue weighted by atomic mass is 9.35. The third kappa shape index (κ3) is 7.36. The highest BCUT2D eigenvalue weighted by Crippen LogP contribution is 2.74. The predicted molar refractivity (Wildman–Crippen MR) is 233 cm³/mol. The Labute approximate surface area is 380 Å². The summed E-state index contributed by atoms with van der Waals surface area (Å²) in [4.78, 5) is 99.1. The van der Waals surface area contributed by atoms with Gasteiger partial charge in [-0.3, -0.25) is 0 Å². The molecule has 2 aromatic rings. The van der Waals surface area contributed by atoms with Crippen molar-refractivity contribution < 1.29 is 78.5 Å². The molecule has 0 aliphatic heterocycles. The molecule has 0 spiro atoms. The standard InChI is InChI=1S/C50H56O16/c1-45(2)34-10-13-50(7)35(48(34,5)12-11-36(45)66-44(64)31-21-27(40(57)58)25(38(53)54)19-29(31)42(61)62)9-8-32-33-22-46(3,14-15-47(33,4)16-17-49(32,50)6)23-65-43(63)30-20-26(39(55)56)24(37(51)52)18-28(30)41(59)60/h8-9,18-21,34-36H,10-17,22-23H2,1-7H3,(H,51,52)(H,53,54)(H,55,56)(H,57,58)(H,59,60)(H,61,62)/t34-,35+,36-,46-,47+,48-,49+,50+/m0/s1. The fraction of sp³-hybridized carbons (Fsp3) is 0.520.